The lowest BCUT2D eigenvalue weighted by atomic mass is 10.2. The van der Waals surface area contributed by atoms with Gasteiger partial charge in [-0.15, -0.1) is 0 Å². The minimum Gasteiger partial charge on any atom is -0.373 e. The van der Waals surface area contributed by atoms with Gasteiger partial charge in [0.15, 0.2) is 0 Å². The molecule has 2 N–H and O–H groups in total. The Kier molecular flexibility index (Phi) is 3.35. The summed E-state index contributed by atoms with van der Waals surface area (Å²) in [6, 6.07) is 8.70. The van der Waals surface area contributed by atoms with Gasteiger partial charge < -0.3 is 5.32 Å². The molecule has 0 atom stereocenters. The molecule has 0 saturated heterocycles. The molecule has 1 aliphatic carbocycles. The number of hydrogen-bond acceptors (Lipinski definition) is 4. The number of sulfonamides is 1. The molecule has 0 radical (unpaired) electrons. The predicted molar refractivity (Wildman–Crippen MR) is 79.2 cm³/mol. The van der Waals surface area contributed by atoms with E-state index in [1.54, 1.807) is 25.2 Å². The molecular formula is C14H17N3O2S. The van der Waals surface area contributed by atoms with E-state index in [1.165, 1.54) is 0 Å². The Morgan fingerprint density at radius 2 is 2.05 bits per heavy atom. The van der Waals surface area contributed by atoms with Crippen molar-refractivity contribution in [3.63, 3.8) is 0 Å². The molecule has 20 heavy (non-hydrogen) atoms. The minimum atomic E-state index is -3.42. The van der Waals surface area contributed by atoms with Crippen LogP contribution in [0.15, 0.2) is 35.2 Å². The van der Waals surface area contributed by atoms with Crippen LogP contribution in [0.5, 0.6) is 0 Å². The van der Waals surface area contributed by atoms with E-state index < -0.39 is 10.0 Å². The third-order valence-corrected chi connectivity index (χ3v) is 4.91. The average Bonchev–Trinajstić information content (AvgIpc) is 3.28. The summed E-state index contributed by atoms with van der Waals surface area (Å²) in [5.41, 5.74) is 0.776. The number of benzene rings is 1. The lowest BCUT2D eigenvalue weighted by Crippen LogP contribution is -2.25. The van der Waals surface area contributed by atoms with Crippen molar-refractivity contribution in [2.24, 2.45) is 5.92 Å². The molecule has 6 heteroatoms. The maximum absolute atomic E-state index is 12.2. The van der Waals surface area contributed by atoms with E-state index in [4.69, 9.17) is 0 Å². The Balaban J connectivity index is 1.91. The van der Waals surface area contributed by atoms with Crippen molar-refractivity contribution in [1.29, 1.82) is 0 Å². The van der Waals surface area contributed by atoms with Crippen LogP contribution in [0.3, 0.4) is 0 Å². The van der Waals surface area contributed by atoms with E-state index in [0.29, 0.717) is 17.4 Å². The zero-order valence-electron chi connectivity index (χ0n) is 11.3. The van der Waals surface area contributed by atoms with Crippen LogP contribution in [0, 0.1) is 5.92 Å². The first-order chi connectivity index (χ1) is 9.58. The van der Waals surface area contributed by atoms with Crippen molar-refractivity contribution >= 4 is 26.7 Å². The number of rotatable bonds is 5. The van der Waals surface area contributed by atoms with Gasteiger partial charge in [0, 0.05) is 19.0 Å². The second kappa shape index (κ2) is 5.03. The number of nitrogens with one attached hydrogen (secondary N) is 2. The van der Waals surface area contributed by atoms with E-state index >= 15 is 0 Å². The van der Waals surface area contributed by atoms with Crippen LogP contribution < -0.4 is 10.0 Å². The molecule has 1 heterocycles. The average molecular weight is 291 g/mol. The third-order valence-electron chi connectivity index (χ3n) is 3.49. The first-order valence-corrected chi connectivity index (χ1v) is 8.15. The first kappa shape index (κ1) is 13.3. The first-order valence-electron chi connectivity index (χ1n) is 6.67. The quantitative estimate of drug-likeness (QED) is 0.883. The molecular weight excluding hydrogens is 274 g/mol. The van der Waals surface area contributed by atoms with Gasteiger partial charge in [-0.3, -0.25) is 0 Å². The highest BCUT2D eigenvalue weighted by molar-refractivity contribution is 7.89. The van der Waals surface area contributed by atoms with Crippen molar-refractivity contribution in [3.05, 3.63) is 30.3 Å². The van der Waals surface area contributed by atoms with Crippen molar-refractivity contribution in [3.8, 4) is 0 Å². The molecule has 5 nitrogen and oxygen atoms in total. The van der Waals surface area contributed by atoms with Crippen LogP contribution in [0.25, 0.3) is 10.9 Å². The highest BCUT2D eigenvalue weighted by Crippen LogP contribution is 2.28. The Morgan fingerprint density at radius 3 is 2.75 bits per heavy atom. The largest absolute Gasteiger partial charge is 0.373 e. The lowest BCUT2D eigenvalue weighted by molar-refractivity contribution is 0.577. The van der Waals surface area contributed by atoms with Crippen LogP contribution in [-0.4, -0.2) is 27.0 Å². The van der Waals surface area contributed by atoms with E-state index in [9.17, 15) is 8.42 Å². The van der Waals surface area contributed by atoms with Gasteiger partial charge in [0.2, 0.25) is 10.0 Å². The SMILES string of the molecule is CNc1ccc2cc(S(=O)(=O)NCC3CC3)ccc2n1. The smallest absolute Gasteiger partial charge is 0.240 e. The molecule has 0 unspecified atom stereocenters. The van der Waals surface area contributed by atoms with Gasteiger partial charge in [-0.25, -0.2) is 18.1 Å². The number of nitrogens with zero attached hydrogens (tertiary/aromatic N) is 1. The van der Waals surface area contributed by atoms with Gasteiger partial charge in [0.25, 0.3) is 0 Å². The number of pyridine rings is 1. The second-order valence-electron chi connectivity index (χ2n) is 5.10. The van der Waals surface area contributed by atoms with Crippen molar-refractivity contribution in [2.75, 3.05) is 18.9 Å². The molecule has 1 saturated carbocycles. The maximum atomic E-state index is 12.2. The molecule has 1 aromatic heterocycles. The highest BCUT2D eigenvalue weighted by atomic mass is 32.2. The summed E-state index contributed by atoms with van der Waals surface area (Å²) in [6.45, 7) is 0.539. The summed E-state index contributed by atoms with van der Waals surface area (Å²) in [7, 11) is -1.62. The van der Waals surface area contributed by atoms with Gasteiger partial charge in [0.1, 0.15) is 5.82 Å². The summed E-state index contributed by atoms with van der Waals surface area (Å²) >= 11 is 0. The van der Waals surface area contributed by atoms with E-state index in [2.05, 4.69) is 15.0 Å². The van der Waals surface area contributed by atoms with Crippen molar-refractivity contribution in [2.45, 2.75) is 17.7 Å². The fraction of sp³-hybridized carbons (Fsp3) is 0.357. The van der Waals surface area contributed by atoms with Crippen LogP contribution in [0.2, 0.25) is 0 Å². The van der Waals surface area contributed by atoms with E-state index in [1.807, 2.05) is 12.1 Å². The summed E-state index contributed by atoms with van der Waals surface area (Å²) in [4.78, 5) is 4.67. The molecule has 106 valence electrons. The van der Waals surface area contributed by atoms with Gasteiger partial charge >= 0.3 is 0 Å². The molecule has 2 aromatic rings. The molecule has 3 rings (SSSR count). The number of fused-ring (bicyclic) bond motifs is 1. The van der Waals surface area contributed by atoms with Crippen LogP contribution in [-0.2, 0) is 10.0 Å². The van der Waals surface area contributed by atoms with Crippen molar-refractivity contribution in [1.82, 2.24) is 9.71 Å². The summed E-state index contributed by atoms with van der Waals surface area (Å²) in [5.74, 6) is 1.28. The fourth-order valence-electron chi connectivity index (χ4n) is 2.04. The Bertz CT molecular complexity index is 739. The Morgan fingerprint density at radius 1 is 1.25 bits per heavy atom. The maximum Gasteiger partial charge on any atom is 0.240 e. The van der Waals surface area contributed by atoms with Gasteiger partial charge in [-0.05, 0) is 49.1 Å². The molecule has 0 spiro atoms. The molecule has 0 aliphatic heterocycles. The normalized spacial score (nSPS) is 15.4. The van der Waals surface area contributed by atoms with Crippen LogP contribution >= 0.6 is 0 Å². The summed E-state index contributed by atoms with van der Waals surface area (Å²) in [5, 5.41) is 3.78. The van der Waals surface area contributed by atoms with E-state index in [0.717, 1.165) is 29.6 Å². The van der Waals surface area contributed by atoms with Gasteiger partial charge in [-0.2, -0.15) is 0 Å². The summed E-state index contributed by atoms with van der Waals surface area (Å²) < 4.78 is 27.0. The zero-order valence-corrected chi connectivity index (χ0v) is 12.1. The minimum absolute atomic E-state index is 0.296. The topological polar surface area (TPSA) is 71.1 Å². The van der Waals surface area contributed by atoms with Crippen LogP contribution in [0.4, 0.5) is 5.82 Å². The summed E-state index contributed by atoms with van der Waals surface area (Å²) in [6.07, 6.45) is 2.24. The lowest BCUT2D eigenvalue weighted by Gasteiger charge is -2.07. The van der Waals surface area contributed by atoms with Crippen molar-refractivity contribution < 1.29 is 8.42 Å². The third kappa shape index (κ3) is 2.76. The number of aromatic nitrogens is 1. The number of anilines is 1. The zero-order chi connectivity index (χ0) is 14.2. The molecule has 1 aliphatic rings. The molecule has 1 fully saturated rings. The monoisotopic (exact) mass is 291 g/mol. The van der Waals surface area contributed by atoms with Crippen LogP contribution in [0.1, 0.15) is 12.8 Å². The standard InChI is InChI=1S/C14H17N3O2S/c1-15-14-7-4-11-8-12(5-6-13(11)17-14)20(18,19)16-9-10-2-3-10/h4-8,10,16H,2-3,9H2,1H3,(H,15,17). The second-order valence-corrected chi connectivity index (χ2v) is 6.86. The molecule has 0 amide bonds. The Hall–Kier alpha value is -1.66. The Labute approximate surface area is 118 Å². The number of hydrogen-bond donors (Lipinski definition) is 2. The van der Waals surface area contributed by atoms with Gasteiger partial charge in [0.05, 0.1) is 10.4 Å². The molecule has 1 aromatic carbocycles. The predicted octanol–water partition coefficient (Wildman–Crippen LogP) is 1.96. The van der Waals surface area contributed by atoms with Gasteiger partial charge in [-0.1, -0.05) is 0 Å². The highest BCUT2D eigenvalue weighted by Gasteiger charge is 2.24. The fourth-order valence-corrected chi connectivity index (χ4v) is 3.19. The van der Waals surface area contributed by atoms with E-state index in [-0.39, 0.29) is 0 Å². The molecule has 0 bridgehead atoms.